The van der Waals surface area contributed by atoms with E-state index in [2.05, 4.69) is 0 Å². The summed E-state index contributed by atoms with van der Waals surface area (Å²) in [5.74, 6) is 0.764. The first-order valence-corrected chi connectivity index (χ1v) is 6.40. The maximum Gasteiger partial charge on any atom is 0.150 e. The van der Waals surface area contributed by atoms with Crippen LogP contribution in [0.3, 0.4) is 0 Å². The Balaban J connectivity index is 2.43. The van der Waals surface area contributed by atoms with Crippen molar-refractivity contribution in [3.8, 4) is 5.75 Å². The van der Waals surface area contributed by atoms with Gasteiger partial charge in [0.05, 0.1) is 5.75 Å². The Morgan fingerprint density at radius 1 is 1.21 bits per heavy atom. The predicted molar refractivity (Wildman–Crippen MR) is 56.4 cm³/mol. The molecule has 0 heterocycles. The van der Waals surface area contributed by atoms with E-state index in [1.807, 2.05) is 31.2 Å². The van der Waals surface area contributed by atoms with Crippen molar-refractivity contribution < 1.29 is 13.2 Å². The molecule has 1 aromatic rings. The van der Waals surface area contributed by atoms with E-state index >= 15 is 0 Å². The molecule has 0 saturated carbocycles. The van der Waals surface area contributed by atoms with Crippen LogP contribution in [0, 0.1) is 6.92 Å². The van der Waals surface area contributed by atoms with Gasteiger partial charge in [-0.3, -0.25) is 0 Å². The largest absolute Gasteiger partial charge is 0.493 e. The average Bonchev–Trinajstić information content (AvgIpc) is 2.06. The summed E-state index contributed by atoms with van der Waals surface area (Å²) in [6.07, 6.45) is 1.20. The molecule has 0 fully saturated rings. The van der Waals surface area contributed by atoms with Crippen LogP contribution in [0.2, 0.25) is 0 Å². The maximum atomic E-state index is 10.8. The molecule has 0 aliphatic rings. The number of aryl methyl sites for hydroxylation is 1. The van der Waals surface area contributed by atoms with Gasteiger partial charge in [-0.25, -0.2) is 8.42 Å². The molecular formula is C10H14O3S. The first-order valence-electron chi connectivity index (χ1n) is 4.34. The van der Waals surface area contributed by atoms with Gasteiger partial charge in [-0.1, -0.05) is 17.7 Å². The zero-order valence-electron chi connectivity index (χ0n) is 8.36. The van der Waals surface area contributed by atoms with Gasteiger partial charge in [0.25, 0.3) is 0 Å². The van der Waals surface area contributed by atoms with Crippen LogP contribution >= 0.6 is 0 Å². The molecule has 0 unspecified atom stereocenters. The Kier molecular flexibility index (Phi) is 3.52. The minimum absolute atomic E-state index is 0.0564. The van der Waals surface area contributed by atoms with Crippen molar-refractivity contribution >= 4 is 9.84 Å². The molecule has 0 aliphatic heterocycles. The minimum Gasteiger partial charge on any atom is -0.493 e. The lowest BCUT2D eigenvalue weighted by Crippen LogP contribution is -2.11. The van der Waals surface area contributed by atoms with Crippen LogP contribution in [0.1, 0.15) is 5.56 Å². The van der Waals surface area contributed by atoms with Gasteiger partial charge >= 0.3 is 0 Å². The molecule has 1 aromatic carbocycles. The maximum absolute atomic E-state index is 10.8. The highest BCUT2D eigenvalue weighted by Gasteiger charge is 2.01. The van der Waals surface area contributed by atoms with Crippen molar-refractivity contribution in [2.45, 2.75) is 6.92 Å². The van der Waals surface area contributed by atoms with Gasteiger partial charge in [0, 0.05) is 6.26 Å². The van der Waals surface area contributed by atoms with Crippen molar-refractivity contribution in [3.05, 3.63) is 29.8 Å². The van der Waals surface area contributed by atoms with Crippen LogP contribution in [-0.2, 0) is 9.84 Å². The quantitative estimate of drug-likeness (QED) is 0.761. The summed E-state index contributed by atoms with van der Waals surface area (Å²) in [5.41, 5.74) is 1.15. The molecule has 4 heteroatoms. The summed E-state index contributed by atoms with van der Waals surface area (Å²) >= 11 is 0. The molecule has 0 aromatic heterocycles. The third-order valence-corrected chi connectivity index (χ3v) is 2.65. The fourth-order valence-electron chi connectivity index (χ4n) is 0.945. The number of sulfone groups is 1. The van der Waals surface area contributed by atoms with Gasteiger partial charge < -0.3 is 4.74 Å². The average molecular weight is 214 g/mol. The number of rotatable bonds is 4. The number of ether oxygens (including phenoxy) is 1. The minimum atomic E-state index is -2.93. The van der Waals surface area contributed by atoms with E-state index in [4.69, 9.17) is 4.74 Å². The Labute approximate surface area is 84.6 Å². The van der Waals surface area contributed by atoms with Crippen molar-refractivity contribution in [2.24, 2.45) is 0 Å². The van der Waals surface area contributed by atoms with Gasteiger partial charge in [-0.05, 0) is 19.1 Å². The van der Waals surface area contributed by atoms with Gasteiger partial charge in [0.1, 0.15) is 12.4 Å². The number of hydrogen-bond donors (Lipinski definition) is 0. The molecule has 0 saturated heterocycles. The Morgan fingerprint density at radius 3 is 2.29 bits per heavy atom. The van der Waals surface area contributed by atoms with Crippen molar-refractivity contribution in [1.82, 2.24) is 0 Å². The second-order valence-corrected chi connectivity index (χ2v) is 5.55. The Hall–Kier alpha value is -1.03. The third-order valence-electron chi connectivity index (χ3n) is 1.74. The Morgan fingerprint density at radius 2 is 1.79 bits per heavy atom. The normalized spacial score (nSPS) is 11.3. The van der Waals surface area contributed by atoms with Crippen LogP contribution in [0.4, 0.5) is 0 Å². The zero-order chi connectivity index (χ0) is 10.6. The van der Waals surface area contributed by atoms with E-state index in [-0.39, 0.29) is 12.4 Å². The zero-order valence-corrected chi connectivity index (χ0v) is 9.17. The topological polar surface area (TPSA) is 43.4 Å². The van der Waals surface area contributed by atoms with E-state index in [0.29, 0.717) is 5.75 Å². The number of hydrogen-bond acceptors (Lipinski definition) is 3. The van der Waals surface area contributed by atoms with Gasteiger partial charge in [0.15, 0.2) is 9.84 Å². The summed E-state index contributed by atoms with van der Waals surface area (Å²) in [6.45, 7) is 2.20. The SMILES string of the molecule is Cc1ccc(OCCS(C)(=O)=O)cc1. The van der Waals surface area contributed by atoms with E-state index in [9.17, 15) is 8.42 Å². The lowest BCUT2D eigenvalue weighted by atomic mass is 10.2. The van der Waals surface area contributed by atoms with E-state index in [1.165, 1.54) is 6.26 Å². The molecule has 0 atom stereocenters. The summed E-state index contributed by atoms with van der Waals surface area (Å²) in [4.78, 5) is 0. The number of benzene rings is 1. The van der Waals surface area contributed by atoms with Crippen LogP contribution in [0.15, 0.2) is 24.3 Å². The highest BCUT2D eigenvalue weighted by Crippen LogP contribution is 2.11. The lowest BCUT2D eigenvalue weighted by Gasteiger charge is -2.04. The van der Waals surface area contributed by atoms with Crippen LogP contribution in [-0.4, -0.2) is 27.0 Å². The van der Waals surface area contributed by atoms with Crippen molar-refractivity contribution in [1.29, 1.82) is 0 Å². The first kappa shape index (κ1) is 11.0. The molecular weight excluding hydrogens is 200 g/mol. The highest BCUT2D eigenvalue weighted by atomic mass is 32.2. The highest BCUT2D eigenvalue weighted by molar-refractivity contribution is 7.90. The standard InChI is InChI=1S/C10H14O3S/c1-9-3-5-10(6-4-9)13-7-8-14(2,11)12/h3-6H,7-8H2,1-2H3. The fraction of sp³-hybridized carbons (Fsp3) is 0.400. The molecule has 0 bridgehead atoms. The lowest BCUT2D eigenvalue weighted by molar-refractivity contribution is 0.341. The summed E-state index contributed by atoms with van der Waals surface area (Å²) in [6, 6.07) is 7.51. The molecule has 0 amide bonds. The molecule has 78 valence electrons. The van der Waals surface area contributed by atoms with E-state index in [1.54, 1.807) is 0 Å². The molecule has 0 N–H and O–H groups in total. The molecule has 1 rings (SSSR count). The van der Waals surface area contributed by atoms with E-state index in [0.717, 1.165) is 5.56 Å². The molecule has 3 nitrogen and oxygen atoms in total. The summed E-state index contributed by atoms with van der Waals surface area (Å²) < 4.78 is 26.8. The molecule has 0 aliphatic carbocycles. The van der Waals surface area contributed by atoms with Gasteiger partial charge in [-0.15, -0.1) is 0 Å². The van der Waals surface area contributed by atoms with Crippen LogP contribution < -0.4 is 4.74 Å². The Bertz CT molecular complexity index is 378. The smallest absolute Gasteiger partial charge is 0.150 e. The van der Waals surface area contributed by atoms with Gasteiger partial charge in [-0.2, -0.15) is 0 Å². The third kappa shape index (κ3) is 4.28. The fourth-order valence-corrected chi connectivity index (χ4v) is 1.33. The van der Waals surface area contributed by atoms with Crippen molar-refractivity contribution in [2.75, 3.05) is 18.6 Å². The second kappa shape index (κ2) is 4.46. The van der Waals surface area contributed by atoms with E-state index < -0.39 is 9.84 Å². The molecule has 0 radical (unpaired) electrons. The molecule has 0 spiro atoms. The summed E-state index contributed by atoms with van der Waals surface area (Å²) in [5, 5.41) is 0. The second-order valence-electron chi connectivity index (χ2n) is 3.29. The predicted octanol–water partition coefficient (Wildman–Crippen LogP) is 1.42. The molecule has 14 heavy (non-hydrogen) atoms. The van der Waals surface area contributed by atoms with Crippen LogP contribution in [0.5, 0.6) is 5.75 Å². The summed E-state index contributed by atoms with van der Waals surface area (Å²) in [7, 11) is -2.93. The van der Waals surface area contributed by atoms with Crippen molar-refractivity contribution in [3.63, 3.8) is 0 Å². The first-order chi connectivity index (χ1) is 6.47. The van der Waals surface area contributed by atoms with Crippen LogP contribution in [0.25, 0.3) is 0 Å². The monoisotopic (exact) mass is 214 g/mol. The van der Waals surface area contributed by atoms with Gasteiger partial charge in [0.2, 0.25) is 0 Å².